The van der Waals surface area contributed by atoms with Crippen molar-refractivity contribution < 1.29 is 28.0 Å². The Bertz CT molecular complexity index is 155. The predicted molar refractivity (Wildman–Crippen MR) is 2.75 cm³/mol. The van der Waals surface area contributed by atoms with E-state index in [0.29, 0.717) is 0 Å². The molecule has 0 rings (SSSR count). The maximum atomic E-state index is 8.59. The Labute approximate surface area is 28.9 Å². The minimum atomic E-state index is -5.75. The molecule has 0 aromatic rings. The van der Waals surface area contributed by atoms with Gasteiger partial charge in [-0.2, -0.15) is 0 Å². The summed E-state index contributed by atoms with van der Waals surface area (Å²) < 4.78 is 34.4. The van der Waals surface area contributed by atoms with E-state index in [9.17, 15) is 0 Å². The molecule has 0 bridgehead atoms. The van der Waals surface area contributed by atoms with E-state index in [0.717, 1.165) is 0 Å². The Balaban J connectivity index is 6.05. The van der Waals surface area contributed by atoms with Crippen molar-refractivity contribution in [2.45, 2.75) is 0 Å². The Hall–Kier alpha value is -0.268. The van der Waals surface area contributed by atoms with Gasteiger partial charge in [-0.15, -0.1) is 0 Å². The third-order valence-corrected chi connectivity index (χ3v) is 0. The molecule has 0 aromatic heterocycles. The fraction of sp³-hybridized carbons (Fsp3) is 0. The van der Waals surface area contributed by atoms with Crippen molar-refractivity contribution in [2.75, 3.05) is 0 Å². The van der Waals surface area contributed by atoms with Gasteiger partial charge in [0.15, 0.2) is 0 Å². The second kappa shape index (κ2) is 0.848. The molecular formula is CrO4. The molecular weight excluding hydrogens is 116 g/mol. The summed E-state index contributed by atoms with van der Waals surface area (Å²) in [6.45, 7) is 0. The molecule has 5 heavy (non-hydrogen) atoms. The summed E-state index contributed by atoms with van der Waals surface area (Å²) in [5.41, 5.74) is 0. The van der Waals surface area contributed by atoms with Crippen LogP contribution in [-0.4, -0.2) is 0 Å². The van der Waals surface area contributed by atoms with E-state index < -0.39 is 12.8 Å². The average Bonchev–Trinajstić information content (AvgIpc) is 0.722. The molecule has 0 saturated carbocycles. The fourth-order valence-corrected chi connectivity index (χ4v) is 0. The summed E-state index contributed by atoms with van der Waals surface area (Å²) in [5, 5.41) is 0. The van der Waals surface area contributed by atoms with Crippen molar-refractivity contribution in [3.63, 3.8) is 0 Å². The van der Waals surface area contributed by atoms with Gasteiger partial charge in [-0.3, -0.25) is 0 Å². The Morgan fingerprint density at radius 2 is 0.800 bits per heavy atom. The van der Waals surface area contributed by atoms with Gasteiger partial charge in [0.1, 0.15) is 0 Å². The first-order valence-corrected chi connectivity index (χ1v) is 2.75. The van der Waals surface area contributed by atoms with E-state index in [1.165, 1.54) is 0 Å². The molecule has 0 atom stereocenters. The van der Waals surface area contributed by atoms with Gasteiger partial charge < -0.3 is 0 Å². The van der Waals surface area contributed by atoms with Crippen LogP contribution in [0.3, 0.4) is 0 Å². The van der Waals surface area contributed by atoms with Gasteiger partial charge in [0.25, 0.3) is 0 Å². The molecule has 0 aliphatic carbocycles. The standard InChI is InChI=1S/Cr.4O. The molecule has 5 heteroatoms. The van der Waals surface area contributed by atoms with Gasteiger partial charge in [0.2, 0.25) is 0 Å². The molecule has 0 N–H and O–H groups in total. The third kappa shape index (κ3) is 157. The zero-order valence-corrected chi connectivity index (χ0v) is 3.32. The minimum absolute atomic E-state index is 5.75. The van der Waals surface area contributed by atoms with Crippen LogP contribution in [0, 0.1) is 0 Å². The van der Waals surface area contributed by atoms with E-state index in [1.807, 2.05) is 0 Å². The molecule has 0 unspecified atom stereocenters. The Morgan fingerprint density at radius 3 is 0.800 bits per heavy atom. The van der Waals surface area contributed by atoms with Gasteiger partial charge in [-0.1, -0.05) is 0 Å². The van der Waals surface area contributed by atoms with Crippen molar-refractivity contribution >= 4 is 0 Å². The van der Waals surface area contributed by atoms with Crippen LogP contribution >= 0.6 is 0 Å². The fourth-order valence-electron chi connectivity index (χ4n) is 0. The van der Waals surface area contributed by atoms with Crippen LogP contribution in [0.15, 0.2) is 0 Å². The van der Waals surface area contributed by atoms with Gasteiger partial charge in [-0.25, -0.2) is 0 Å². The summed E-state index contributed by atoms with van der Waals surface area (Å²) in [4.78, 5) is 0. The second-order valence-corrected chi connectivity index (χ2v) is 1.68. The van der Waals surface area contributed by atoms with E-state index in [2.05, 4.69) is 0 Å². The summed E-state index contributed by atoms with van der Waals surface area (Å²) in [6, 6.07) is 0. The topological polar surface area (TPSA) is 68.3 Å². The van der Waals surface area contributed by atoms with Crippen LogP contribution in [0.25, 0.3) is 0 Å². The van der Waals surface area contributed by atoms with Crippen LogP contribution in [0.4, 0.5) is 0 Å². The normalized spacial score (nSPS) is 8.00. The first-order valence-electron chi connectivity index (χ1n) is 0.667. The van der Waals surface area contributed by atoms with Crippen molar-refractivity contribution in [1.82, 2.24) is 0 Å². The zero-order chi connectivity index (χ0) is 4.50. The molecule has 4 nitrogen and oxygen atoms in total. The predicted octanol–water partition coefficient (Wildman–Crippen LogP) is -0.478. The Kier molecular flexibility index (Phi) is 0.803. The van der Waals surface area contributed by atoms with Crippen molar-refractivity contribution in [3.8, 4) is 0 Å². The Morgan fingerprint density at radius 1 is 0.800 bits per heavy atom. The molecule has 0 aliphatic rings. The van der Waals surface area contributed by atoms with Gasteiger partial charge in [0, 0.05) is 0 Å². The van der Waals surface area contributed by atoms with Crippen LogP contribution in [0.5, 0.6) is 0 Å². The first kappa shape index (κ1) is 4.73. The van der Waals surface area contributed by atoms with Crippen molar-refractivity contribution in [3.05, 3.63) is 0 Å². The molecule has 0 amide bonds. The molecule has 0 fully saturated rings. The summed E-state index contributed by atoms with van der Waals surface area (Å²) >= 11 is -5.75. The molecule has 0 heterocycles. The van der Waals surface area contributed by atoms with Crippen LogP contribution in [-0.2, 0) is 28.0 Å². The average molecular weight is 116 g/mol. The number of hydrogen-bond donors (Lipinski definition) is 0. The molecule has 0 aromatic carbocycles. The van der Waals surface area contributed by atoms with E-state index in [1.54, 1.807) is 0 Å². The molecule has 0 saturated heterocycles. The summed E-state index contributed by atoms with van der Waals surface area (Å²) in [7, 11) is 0. The first-order chi connectivity index (χ1) is 2.00. The monoisotopic (exact) mass is 116 g/mol. The molecule has 0 aliphatic heterocycles. The summed E-state index contributed by atoms with van der Waals surface area (Å²) in [5.74, 6) is 0. The molecule has 0 radical (unpaired) electrons. The van der Waals surface area contributed by atoms with E-state index >= 15 is 0 Å². The van der Waals surface area contributed by atoms with Gasteiger partial charge in [0.05, 0.1) is 0 Å². The number of hydrogen-bond acceptors (Lipinski definition) is 4. The van der Waals surface area contributed by atoms with Crippen LogP contribution in [0.1, 0.15) is 0 Å². The molecule has 0 spiro atoms. The van der Waals surface area contributed by atoms with Crippen LogP contribution in [0.2, 0.25) is 0 Å². The van der Waals surface area contributed by atoms with Crippen molar-refractivity contribution in [2.24, 2.45) is 0 Å². The summed E-state index contributed by atoms with van der Waals surface area (Å²) in [6.07, 6.45) is 0. The maximum absolute atomic E-state index is 8.59. The van der Waals surface area contributed by atoms with E-state index in [-0.39, 0.29) is 0 Å². The quantitative estimate of drug-likeness (QED) is 0.428. The second-order valence-electron chi connectivity index (χ2n) is 0.408. The van der Waals surface area contributed by atoms with Crippen molar-refractivity contribution in [1.29, 1.82) is 0 Å². The number of rotatable bonds is 0. The zero-order valence-electron chi connectivity index (χ0n) is 2.04. The van der Waals surface area contributed by atoms with Gasteiger partial charge in [-0.05, 0) is 0 Å². The molecule has 30 valence electrons. The van der Waals surface area contributed by atoms with Gasteiger partial charge >= 0.3 is 28.0 Å². The third-order valence-electron chi connectivity index (χ3n) is 0. The van der Waals surface area contributed by atoms with Crippen LogP contribution < -0.4 is 0 Å². The SMILES string of the molecule is [O]=[Cr](=[O])(=[O])=[O]. The van der Waals surface area contributed by atoms with E-state index in [4.69, 9.17) is 15.2 Å².